The lowest BCUT2D eigenvalue weighted by atomic mass is 10.2. The number of nitrogens with zero attached hydrogens (tertiary/aromatic N) is 1. The Morgan fingerprint density at radius 3 is 2.19 bits per heavy atom. The van der Waals surface area contributed by atoms with E-state index in [4.69, 9.17) is 0 Å². The van der Waals surface area contributed by atoms with Crippen LogP contribution in [0.5, 0.6) is 0 Å². The average Bonchev–Trinajstić information content (AvgIpc) is 2.49. The van der Waals surface area contributed by atoms with E-state index in [1.165, 1.54) is 9.71 Å². The Bertz CT molecular complexity index is 704. The Morgan fingerprint density at radius 2 is 1.62 bits per heavy atom. The van der Waals surface area contributed by atoms with Crippen LogP contribution in [0.25, 0.3) is 6.08 Å². The molecular formula is C17H19NO2S. The lowest BCUT2D eigenvalue weighted by Crippen LogP contribution is -2.28. The van der Waals surface area contributed by atoms with Crippen LogP contribution in [0.2, 0.25) is 0 Å². The van der Waals surface area contributed by atoms with Gasteiger partial charge in [-0.05, 0) is 37.6 Å². The van der Waals surface area contributed by atoms with E-state index in [0.717, 1.165) is 11.1 Å². The second-order valence-corrected chi connectivity index (χ2v) is 6.50. The summed E-state index contributed by atoms with van der Waals surface area (Å²) in [4.78, 5) is 0. The number of anilines is 1. The fourth-order valence-electron chi connectivity index (χ4n) is 2.02. The van der Waals surface area contributed by atoms with Gasteiger partial charge in [0.05, 0.1) is 11.1 Å². The molecule has 0 bridgehead atoms. The molecule has 0 saturated carbocycles. The summed E-state index contributed by atoms with van der Waals surface area (Å²) in [6, 6.07) is 16.9. The van der Waals surface area contributed by atoms with Crippen LogP contribution >= 0.6 is 0 Å². The maximum atomic E-state index is 12.5. The van der Waals surface area contributed by atoms with Gasteiger partial charge in [-0.15, -0.1) is 0 Å². The van der Waals surface area contributed by atoms with Gasteiger partial charge in [-0.2, -0.15) is 0 Å². The van der Waals surface area contributed by atoms with E-state index in [9.17, 15) is 8.42 Å². The first-order valence-corrected chi connectivity index (χ1v) is 8.36. The van der Waals surface area contributed by atoms with Gasteiger partial charge in [-0.25, -0.2) is 8.42 Å². The largest absolute Gasteiger partial charge is 0.267 e. The second-order valence-electron chi connectivity index (χ2n) is 4.76. The number of hydrogen-bond donors (Lipinski definition) is 0. The van der Waals surface area contributed by atoms with Gasteiger partial charge in [0.2, 0.25) is 0 Å². The van der Waals surface area contributed by atoms with Crippen molar-refractivity contribution < 1.29 is 8.42 Å². The van der Waals surface area contributed by atoms with Crippen molar-refractivity contribution in [3.63, 3.8) is 0 Å². The summed E-state index contributed by atoms with van der Waals surface area (Å²) < 4.78 is 26.3. The standard InChI is InChI=1S/C17H19NO2S/c1-3-18(17-11-9-15(2)10-12-17)21(19,20)14-13-16-7-5-4-6-8-16/h4-14H,3H2,1-2H3/b14-13+. The van der Waals surface area contributed by atoms with Gasteiger partial charge in [0.25, 0.3) is 10.0 Å². The molecule has 0 aliphatic rings. The minimum Gasteiger partial charge on any atom is -0.267 e. The molecule has 0 N–H and O–H groups in total. The van der Waals surface area contributed by atoms with E-state index in [-0.39, 0.29) is 0 Å². The van der Waals surface area contributed by atoms with Crippen molar-refractivity contribution in [3.8, 4) is 0 Å². The molecule has 2 aromatic rings. The minimum absolute atomic E-state index is 0.393. The minimum atomic E-state index is -3.48. The molecule has 3 nitrogen and oxygen atoms in total. The Kier molecular flexibility index (Phi) is 4.81. The van der Waals surface area contributed by atoms with Gasteiger partial charge in [0.15, 0.2) is 0 Å². The Balaban J connectivity index is 2.28. The second kappa shape index (κ2) is 6.59. The highest BCUT2D eigenvalue weighted by Gasteiger charge is 2.17. The van der Waals surface area contributed by atoms with Crippen LogP contribution in [-0.4, -0.2) is 15.0 Å². The average molecular weight is 301 g/mol. The van der Waals surface area contributed by atoms with Crippen molar-refractivity contribution in [1.82, 2.24) is 0 Å². The Labute approximate surface area is 126 Å². The first kappa shape index (κ1) is 15.3. The number of sulfonamides is 1. The van der Waals surface area contributed by atoms with Crippen molar-refractivity contribution >= 4 is 21.8 Å². The van der Waals surface area contributed by atoms with Crippen molar-refractivity contribution in [1.29, 1.82) is 0 Å². The number of rotatable bonds is 5. The van der Waals surface area contributed by atoms with Crippen LogP contribution in [0.3, 0.4) is 0 Å². The molecule has 2 rings (SSSR count). The highest BCUT2D eigenvalue weighted by Crippen LogP contribution is 2.20. The van der Waals surface area contributed by atoms with Gasteiger partial charge < -0.3 is 0 Å². The molecule has 4 heteroatoms. The zero-order chi connectivity index (χ0) is 15.3. The summed E-state index contributed by atoms with van der Waals surface area (Å²) >= 11 is 0. The van der Waals surface area contributed by atoms with Crippen molar-refractivity contribution in [2.75, 3.05) is 10.8 Å². The molecule has 21 heavy (non-hydrogen) atoms. The van der Waals surface area contributed by atoms with Crippen LogP contribution in [0, 0.1) is 6.92 Å². The lowest BCUT2D eigenvalue weighted by molar-refractivity contribution is 0.601. The molecule has 0 aliphatic carbocycles. The van der Waals surface area contributed by atoms with Crippen LogP contribution in [0.15, 0.2) is 60.0 Å². The molecule has 0 radical (unpaired) electrons. The molecule has 2 aromatic carbocycles. The van der Waals surface area contributed by atoms with E-state index in [1.807, 2.05) is 68.4 Å². The zero-order valence-corrected chi connectivity index (χ0v) is 13.0. The normalized spacial score (nSPS) is 11.7. The van der Waals surface area contributed by atoms with E-state index < -0.39 is 10.0 Å². The highest BCUT2D eigenvalue weighted by atomic mass is 32.2. The zero-order valence-electron chi connectivity index (χ0n) is 12.2. The molecule has 0 heterocycles. The molecule has 110 valence electrons. The van der Waals surface area contributed by atoms with Crippen LogP contribution in [0.1, 0.15) is 18.1 Å². The monoisotopic (exact) mass is 301 g/mol. The van der Waals surface area contributed by atoms with Crippen LogP contribution in [0.4, 0.5) is 5.69 Å². The number of aryl methyl sites for hydroxylation is 1. The summed E-state index contributed by atoms with van der Waals surface area (Å²) in [5.74, 6) is 0. The summed E-state index contributed by atoms with van der Waals surface area (Å²) in [5.41, 5.74) is 2.65. The van der Waals surface area contributed by atoms with Gasteiger partial charge in [-0.1, -0.05) is 48.0 Å². The maximum Gasteiger partial charge on any atom is 0.257 e. The Hall–Kier alpha value is -2.07. The third-order valence-corrected chi connectivity index (χ3v) is 4.71. The Morgan fingerprint density at radius 1 is 1.00 bits per heavy atom. The molecular weight excluding hydrogens is 282 g/mol. The van der Waals surface area contributed by atoms with E-state index in [0.29, 0.717) is 12.2 Å². The van der Waals surface area contributed by atoms with Gasteiger partial charge >= 0.3 is 0 Å². The summed E-state index contributed by atoms with van der Waals surface area (Å²) in [6.07, 6.45) is 1.62. The molecule has 0 fully saturated rings. The number of hydrogen-bond acceptors (Lipinski definition) is 2. The number of benzene rings is 2. The maximum absolute atomic E-state index is 12.5. The summed E-state index contributed by atoms with van der Waals surface area (Å²) in [7, 11) is -3.48. The highest BCUT2D eigenvalue weighted by molar-refractivity contribution is 7.95. The molecule has 0 unspecified atom stereocenters. The third-order valence-electron chi connectivity index (χ3n) is 3.15. The molecule has 0 amide bonds. The molecule has 0 saturated heterocycles. The smallest absolute Gasteiger partial charge is 0.257 e. The fourth-order valence-corrected chi connectivity index (χ4v) is 3.27. The van der Waals surface area contributed by atoms with Crippen LogP contribution in [-0.2, 0) is 10.0 Å². The van der Waals surface area contributed by atoms with E-state index in [1.54, 1.807) is 6.08 Å². The van der Waals surface area contributed by atoms with Gasteiger partial charge in [0.1, 0.15) is 0 Å². The first-order chi connectivity index (χ1) is 10.0. The van der Waals surface area contributed by atoms with Crippen molar-refractivity contribution in [2.45, 2.75) is 13.8 Å². The SMILES string of the molecule is CCN(c1ccc(C)cc1)S(=O)(=O)/C=C/c1ccccc1. The predicted molar refractivity (Wildman–Crippen MR) is 88.6 cm³/mol. The molecule has 0 spiro atoms. The molecule has 0 atom stereocenters. The first-order valence-electron chi connectivity index (χ1n) is 6.85. The van der Waals surface area contributed by atoms with Crippen molar-refractivity contribution in [2.24, 2.45) is 0 Å². The quantitative estimate of drug-likeness (QED) is 0.842. The van der Waals surface area contributed by atoms with Gasteiger partial charge in [-0.3, -0.25) is 4.31 Å². The summed E-state index contributed by atoms with van der Waals surface area (Å²) in [5, 5.41) is 1.26. The van der Waals surface area contributed by atoms with Crippen molar-refractivity contribution in [3.05, 3.63) is 71.1 Å². The predicted octanol–water partition coefficient (Wildman–Crippen LogP) is 3.82. The summed E-state index contributed by atoms with van der Waals surface area (Å²) in [6.45, 7) is 4.20. The third kappa shape index (κ3) is 3.95. The van der Waals surface area contributed by atoms with Gasteiger partial charge in [0, 0.05) is 6.54 Å². The molecule has 0 aliphatic heterocycles. The van der Waals surface area contributed by atoms with Crippen LogP contribution < -0.4 is 4.31 Å². The molecule has 0 aromatic heterocycles. The topological polar surface area (TPSA) is 37.4 Å². The van der Waals surface area contributed by atoms with E-state index in [2.05, 4.69) is 0 Å². The lowest BCUT2D eigenvalue weighted by Gasteiger charge is -2.21. The van der Waals surface area contributed by atoms with E-state index >= 15 is 0 Å². The fraction of sp³-hybridized carbons (Fsp3) is 0.176.